The third-order valence-corrected chi connectivity index (χ3v) is 2.97. The Labute approximate surface area is 98.7 Å². The van der Waals surface area contributed by atoms with E-state index in [0.717, 1.165) is 18.2 Å². The fraction of sp³-hybridized carbons (Fsp3) is 0.800. The summed E-state index contributed by atoms with van der Waals surface area (Å²) in [6.45, 7) is 3.89. The summed E-state index contributed by atoms with van der Waals surface area (Å²) in [5.74, 6) is 0.148. The molecule has 1 aliphatic rings. The molecule has 0 saturated carbocycles. The summed E-state index contributed by atoms with van der Waals surface area (Å²) in [5, 5.41) is 0.865. The topological polar surface area (TPSA) is 40.6 Å². The Hall–Kier alpha value is -0.580. The molecule has 1 saturated heterocycles. The maximum absolute atomic E-state index is 11.6. The van der Waals surface area contributed by atoms with E-state index >= 15 is 0 Å². The van der Waals surface area contributed by atoms with Crippen molar-refractivity contribution < 1.29 is 9.59 Å². The molecular formula is C10H17BrN2O2. The summed E-state index contributed by atoms with van der Waals surface area (Å²) in [6.07, 6.45) is 1.80. The van der Waals surface area contributed by atoms with Gasteiger partial charge in [0.25, 0.3) is 0 Å². The van der Waals surface area contributed by atoms with E-state index in [1.165, 1.54) is 0 Å². The highest BCUT2D eigenvalue weighted by Crippen LogP contribution is 2.06. The van der Waals surface area contributed by atoms with Gasteiger partial charge in [-0.3, -0.25) is 9.59 Å². The molecule has 0 spiro atoms. The maximum atomic E-state index is 11.6. The first kappa shape index (κ1) is 12.5. The highest BCUT2D eigenvalue weighted by atomic mass is 79.9. The van der Waals surface area contributed by atoms with Crippen molar-refractivity contribution in [2.24, 2.45) is 0 Å². The van der Waals surface area contributed by atoms with Crippen molar-refractivity contribution in [3.8, 4) is 0 Å². The summed E-state index contributed by atoms with van der Waals surface area (Å²) in [5.41, 5.74) is 0. The van der Waals surface area contributed by atoms with E-state index in [2.05, 4.69) is 15.9 Å². The van der Waals surface area contributed by atoms with Crippen LogP contribution in [0.2, 0.25) is 0 Å². The number of halogens is 1. The molecule has 0 atom stereocenters. The Balaban J connectivity index is 2.47. The van der Waals surface area contributed by atoms with Crippen molar-refractivity contribution in [1.82, 2.24) is 9.80 Å². The average molecular weight is 277 g/mol. The molecule has 0 unspecified atom stereocenters. The molecule has 1 fully saturated rings. The largest absolute Gasteiger partial charge is 0.332 e. The molecule has 0 aromatic heterocycles. The molecule has 0 aliphatic carbocycles. The monoisotopic (exact) mass is 276 g/mol. The van der Waals surface area contributed by atoms with Crippen molar-refractivity contribution >= 4 is 27.7 Å². The lowest BCUT2D eigenvalue weighted by Crippen LogP contribution is -2.54. The Bertz CT molecular complexity index is 246. The van der Waals surface area contributed by atoms with Gasteiger partial charge >= 0.3 is 0 Å². The third-order valence-electron chi connectivity index (χ3n) is 2.41. The van der Waals surface area contributed by atoms with Crippen molar-refractivity contribution in [2.45, 2.75) is 19.8 Å². The van der Waals surface area contributed by atoms with Crippen LogP contribution in [0.3, 0.4) is 0 Å². The normalized spacial score (nSPS) is 17.5. The first-order valence-corrected chi connectivity index (χ1v) is 6.42. The minimum Gasteiger partial charge on any atom is -0.332 e. The number of carbonyl (C=O) groups excluding carboxylic acids is 2. The summed E-state index contributed by atoms with van der Waals surface area (Å²) < 4.78 is 0. The predicted molar refractivity (Wildman–Crippen MR) is 61.9 cm³/mol. The zero-order chi connectivity index (χ0) is 11.3. The van der Waals surface area contributed by atoms with Gasteiger partial charge in [0, 0.05) is 18.4 Å². The quantitative estimate of drug-likeness (QED) is 0.699. The Kier molecular flexibility index (Phi) is 5.08. The summed E-state index contributed by atoms with van der Waals surface area (Å²) in [7, 11) is 0. The molecule has 0 aromatic carbocycles. The molecule has 5 heteroatoms. The zero-order valence-corrected chi connectivity index (χ0v) is 10.6. The molecule has 0 N–H and O–H groups in total. The van der Waals surface area contributed by atoms with Gasteiger partial charge in [0.2, 0.25) is 11.8 Å². The second-order valence-corrected chi connectivity index (χ2v) is 4.47. The second kappa shape index (κ2) is 6.10. The Morgan fingerprint density at radius 3 is 2.13 bits per heavy atom. The second-order valence-electron chi connectivity index (χ2n) is 3.67. The molecule has 0 radical (unpaired) electrons. The lowest BCUT2D eigenvalue weighted by Gasteiger charge is -2.33. The SMILES string of the molecule is CCCN1CC(=O)N(CCCBr)CC1=O. The number of alkyl halides is 1. The van der Waals surface area contributed by atoms with Crippen LogP contribution in [-0.2, 0) is 9.59 Å². The molecular weight excluding hydrogens is 260 g/mol. The molecule has 4 nitrogen and oxygen atoms in total. The van der Waals surface area contributed by atoms with Gasteiger partial charge in [0.05, 0.1) is 13.1 Å². The highest BCUT2D eigenvalue weighted by Gasteiger charge is 2.28. The van der Waals surface area contributed by atoms with E-state index < -0.39 is 0 Å². The molecule has 15 heavy (non-hydrogen) atoms. The summed E-state index contributed by atoms with van der Waals surface area (Å²) in [6, 6.07) is 0. The van der Waals surface area contributed by atoms with Gasteiger partial charge in [0.15, 0.2) is 0 Å². The van der Waals surface area contributed by atoms with Crippen LogP contribution in [0.1, 0.15) is 19.8 Å². The van der Waals surface area contributed by atoms with Gasteiger partial charge in [-0.25, -0.2) is 0 Å². The van der Waals surface area contributed by atoms with Gasteiger partial charge < -0.3 is 9.80 Å². The van der Waals surface area contributed by atoms with Gasteiger partial charge in [-0.2, -0.15) is 0 Å². The lowest BCUT2D eigenvalue weighted by molar-refractivity contribution is -0.150. The standard InChI is InChI=1S/C10H17BrN2O2/c1-2-5-12-7-10(15)13(6-3-4-11)8-9(12)14/h2-8H2,1H3. The van der Waals surface area contributed by atoms with Crippen LogP contribution >= 0.6 is 15.9 Å². The van der Waals surface area contributed by atoms with Gasteiger partial charge in [0.1, 0.15) is 0 Å². The Morgan fingerprint density at radius 2 is 1.67 bits per heavy atom. The number of hydrogen-bond acceptors (Lipinski definition) is 2. The number of piperazine rings is 1. The van der Waals surface area contributed by atoms with Gasteiger partial charge in [-0.05, 0) is 12.8 Å². The fourth-order valence-electron chi connectivity index (χ4n) is 1.63. The molecule has 1 heterocycles. The summed E-state index contributed by atoms with van der Waals surface area (Å²) in [4.78, 5) is 26.6. The maximum Gasteiger partial charge on any atom is 0.242 e. The van der Waals surface area contributed by atoms with E-state index in [-0.39, 0.29) is 24.9 Å². The van der Waals surface area contributed by atoms with Crippen LogP contribution in [0.4, 0.5) is 0 Å². The van der Waals surface area contributed by atoms with E-state index in [4.69, 9.17) is 0 Å². The van der Waals surface area contributed by atoms with Crippen molar-refractivity contribution in [2.75, 3.05) is 31.5 Å². The Morgan fingerprint density at radius 1 is 1.13 bits per heavy atom. The lowest BCUT2D eigenvalue weighted by atomic mass is 10.2. The van der Waals surface area contributed by atoms with Crippen LogP contribution in [0.5, 0.6) is 0 Å². The molecule has 1 rings (SSSR count). The number of amides is 2. The molecule has 0 aromatic rings. The van der Waals surface area contributed by atoms with Crippen molar-refractivity contribution in [3.05, 3.63) is 0 Å². The van der Waals surface area contributed by atoms with E-state index in [1.54, 1.807) is 9.80 Å². The van der Waals surface area contributed by atoms with Crippen LogP contribution in [0, 0.1) is 0 Å². The third kappa shape index (κ3) is 3.48. The number of carbonyl (C=O) groups is 2. The smallest absolute Gasteiger partial charge is 0.242 e. The first-order chi connectivity index (χ1) is 7.19. The van der Waals surface area contributed by atoms with Crippen LogP contribution < -0.4 is 0 Å². The van der Waals surface area contributed by atoms with E-state index in [0.29, 0.717) is 13.1 Å². The van der Waals surface area contributed by atoms with E-state index in [1.807, 2.05) is 6.92 Å². The predicted octanol–water partition coefficient (Wildman–Crippen LogP) is 0.852. The fourth-order valence-corrected chi connectivity index (χ4v) is 1.88. The number of rotatable bonds is 5. The van der Waals surface area contributed by atoms with Crippen LogP contribution in [0.15, 0.2) is 0 Å². The van der Waals surface area contributed by atoms with Crippen LogP contribution in [0.25, 0.3) is 0 Å². The van der Waals surface area contributed by atoms with Crippen molar-refractivity contribution in [1.29, 1.82) is 0 Å². The van der Waals surface area contributed by atoms with E-state index in [9.17, 15) is 9.59 Å². The average Bonchev–Trinajstić information content (AvgIpc) is 2.21. The highest BCUT2D eigenvalue weighted by molar-refractivity contribution is 9.09. The summed E-state index contributed by atoms with van der Waals surface area (Å²) >= 11 is 3.31. The van der Waals surface area contributed by atoms with Gasteiger partial charge in [-0.15, -0.1) is 0 Å². The minimum atomic E-state index is 0.0731. The molecule has 2 amide bonds. The molecule has 86 valence electrons. The van der Waals surface area contributed by atoms with Crippen molar-refractivity contribution in [3.63, 3.8) is 0 Å². The number of nitrogens with zero attached hydrogens (tertiary/aromatic N) is 2. The van der Waals surface area contributed by atoms with Crippen LogP contribution in [-0.4, -0.2) is 53.1 Å². The number of hydrogen-bond donors (Lipinski definition) is 0. The molecule has 1 aliphatic heterocycles. The minimum absolute atomic E-state index is 0.0731. The van der Waals surface area contributed by atoms with Gasteiger partial charge in [-0.1, -0.05) is 22.9 Å². The molecule has 0 bridgehead atoms. The zero-order valence-electron chi connectivity index (χ0n) is 9.04. The first-order valence-electron chi connectivity index (χ1n) is 5.30.